The summed E-state index contributed by atoms with van der Waals surface area (Å²) in [6.07, 6.45) is 8.65. The number of thioether (sulfide) groups is 1. The van der Waals surface area contributed by atoms with Gasteiger partial charge in [0.15, 0.2) is 5.16 Å². The van der Waals surface area contributed by atoms with Gasteiger partial charge in [-0.3, -0.25) is 9.59 Å². The number of hydrogen-bond acceptors (Lipinski definition) is 5. The molecule has 7 heteroatoms. The van der Waals surface area contributed by atoms with Crippen LogP contribution in [0.3, 0.4) is 0 Å². The summed E-state index contributed by atoms with van der Waals surface area (Å²) < 4.78 is 1.51. The average Bonchev–Trinajstić information content (AvgIpc) is 3.02. The molecule has 0 aliphatic heterocycles. The number of fused-ring (bicyclic) bond motifs is 1. The fourth-order valence-electron chi connectivity index (χ4n) is 3.83. The van der Waals surface area contributed by atoms with Crippen LogP contribution in [0.5, 0.6) is 0 Å². The standard InChI is InChI=1S/C23H26N4O2S/c1-16-12-13-20(24-14-16)27-22(29)18-10-6-7-11-19(18)26-23(27)30-15-21(28)25-17-8-4-2-3-5-9-17/h6-7,10-14,17H,2-5,8-9,15H2,1H3,(H,25,28). The van der Waals surface area contributed by atoms with Gasteiger partial charge >= 0.3 is 0 Å². The molecule has 1 aliphatic carbocycles. The van der Waals surface area contributed by atoms with E-state index in [-0.39, 0.29) is 23.3 Å². The molecule has 1 fully saturated rings. The van der Waals surface area contributed by atoms with E-state index in [1.54, 1.807) is 12.3 Å². The maximum absolute atomic E-state index is 13.2. The van der Waals surface area contributed by atoms with Gasteiger partial charge in [0, 0.05) is 12.2 Å². The second-order valence-electron chi connectivity index (χ2n) is 7.79. The zero-order valence-corrected chi connectivity index (χ0v) is 18.0. The number of para-hydroxylation sites is 1. The molecule has 2 aromatic heterocycles. The molecular weight excluding hydrogens is 396 g/mol. The molecule has 0 unspecified atom stereocenters. The number of nitrogens with one attached hydrogen (secondary N) is 1. The minimum atomic E-state index is -0.177. The van der Waals surface area contributed by atoms with Gasteiger partial charge in [0.1, 0.15) is 5.82 Å². The van der Waals surface area contributed by atoms with Gasteiger partial charge < -0.3 is 5.32 Å². The molecule has 6 nitrogen and oxygen atoms in total. The first-order valence-electron chi connectivity index (χ1n) is 10.5. The molecule has 0 bridgehead atoms. The molecule has 1 aromatic carbocycles. The summed E-state index contributed by atoms with van der Waals surface area (Å²) in [6, 6.07) is 11.2. The van der Waals surface area contributed by atoms with E-state index in [0.29, 0.717) is 21.9 Å². The lowest BCUT2D eigenvalue weighted by Gasteiger charge is -2.16. The van der Waals surface area contributed by atoms with E-state index >= 15 is 0 Å². The lowest BCUT2D eigenvalue weighted by molar-refractivity contribution is -0.119. The van der Waals surface area contributed by atoms with E-state index in [1.807, 2.05) is 37.3 Å². The van der Waals surface area contributed by atoms with Gasteiger partial charge in [0.2, 0.25) is 5.91 Å². The fraction of sp³-hybridized carbons (Fsp3) is 0.391. The minimum Gasteiger partial charge on any atom is -0.353 e. The quantitative estimate of drug-likeness (QED) is 0.382. The van der Waals surface area contributed by atoms with Gasteiger partial charge in [0.25, 0.3) is 5.56 Å². The summed E-state index contributed by atoms with van der Waals surface area (Å²) in [5.74, 6) is 0.709. The molecule has 1 amide bonds. The Kier molecular flexibility index (Phi) is 6.47. The normalized spacial score (nSPS) is 15.1. The van der Waals surface area contributed by atoms with Crippen molar-refractivity contribution in [1.29, 1.82) is 0 Å². The van der Waals surface area contributed by atoms with Crippen molar-refractivity contribution in [2.24, 2.45) is 0 Å². The Labute approximate surface area is 180 Å². The second kappa shape index (κ2) is 9.43. The van der Waals surface area contributed by atoms with Crippen LogP contribution < -0.4 is 10.9 Å². The van der Waals surface area contributed by atoms with Gasteiger partial charge in [-0.15, -0.1) is 0 Å². The topological polar surface area (TPSA) is 76.9 Å². The first-order chi connectivity index (χ1) is 14.6. The molecule has 30 heavy (non-hydrogen) atoms. The Morgan fingerprint density at radius 2 is 1.90 bits per heavy atom. The third-order valence-electron chi connectivity index (χ3n) is 5.42. The monoisotopic (exact) mass is 422 g/mol. The molecule has 4 rings (SSSR count). The number of amides is 1. The third-order valence-corrected chi connectivity index (χ3v) is 6.36. The van der Waals surface area contributed by atoms with Crippen molar-refractivity contribution in [2.45, 2.75) is 56.6 Å². The molecule has 0 radical (unpaired) electrons. The van der Waals surface area contributed by atoms with Crippen molar-refractivity contribution in [3.05, 3.63) is 58.5 Å². The van der Waals surface area contributed by atoms with E-state index in [2.05, 4.69) is 15.3 Å². The minimum absolute atomic E-state index is 0.0160. The number of rotatable bonds is 5. The molecule has 1 saturated carbocycles. The molecule has 3 aromatic rings. The van der Waals surface area contributed by atoms with Crippen molar-refractivity contribution in [2.75, 3.05) is 5.75 Å². The number of carbonyl (C=O) groups is 1. The predicted octanol–water partition coefficient (Wildman–Crippen LogP) is 4.02. The van der Waals surface area contributed by atoms with Crippen molar-refractivity contribution >= 4 is 28.6 Å². The molecule has 0 saturated heterocycles. The molecule has 1 aliphatic rings. The highest BCUT2D eigenvalue weighted by atomic mass is 32.2. The lowest BCUT2D eigenvalue weighted by Crippen LogP contribution is -2.35. The Balaban J connectivity index is 1.60. The molecule has 0 atom stereocenters. The van der Waals surface area contributed by atoms with Crippen LogP contribution in [0.1, 0.15) is 44.1 Å². The van der Waals surface area contributed by atoms with Crippen LogP contribution >= 0.6 is 11.8 Å². The number of carbonyl (C=O) groups excluding carboxylic acids is 1. The Morgan fingerprint density at radius 3 is 2.63 bits per heavy atom. The van der Waals surface area contributed by atoms with Crippen molar-refractivity contribution < 1.29 is 4.79 Å². The second-order valence-corrected chi connectivity index (χ2v) is 8.73. The third kappa shape index (κ3) is 4.73. The van der Waals surface area contributed by atoms with Crippen molar-refractivity contribution in [1.82, 2.24) is 19.9 Å². The van der Waals surface area contributed by atoms with Crippen LogP contribution in [0.2, 0.25) is 0 Å². The Bertz CT molecular complexity index is 1090. The SMILES string of the molecule is Cc1ccc(-n2c(SCC(=O)NC3CCCCCC3)nc3ccccc3c2=O)nc1. The van der Waals surface area contributed by atoms with Gasteiger partial charge in [-0.05, 0) is 43.5 Å². The van der Waals surface area contributed by atoms with E-state index in [0.717, 1.165) is 18.4 Å². The number of benzene rings is 1. The summed E-state index contributed by atoms with van der Waals surface area (Å²) in [5.41, 5.74) is 1.46. The highest BCUT2D eigenvalue weighted by molar-refractivity contribution is 7.99. The van der Waals surface area contributed by atoms with Crippen LogP contribution in [-0.4, -0.2) is 32.2 Å². The largest absolute Gasteiger partial charge is 0.353 e. The van der Waals surface area contributed by atoms with Crippen molar-refractivity contribution in [3.63, 3.8) is 0 Å². The van der Waals surface area contributed by atoms with E-state index in [1.165, 1.54) is 42.0 Å². The lowest BCUT2D eigenvalue weighted by atomic mass is 10.1. The summed E-state index contributed by atoms with van der Waals surface area (Å²) in [6.45, 7) is 1.95. The maximum Gasteiger partial charge on any atom is 0.267 e. The number of aromatic nitrogens is 3. The summed E-state index contributed by atoms with van der Waals surface area (Å²) in [5, 5.41) is 4.17. The van der Waals surface area contributed by atoms with E-state index < -0.39 is 0 Å². The molecule has 1 N–H and O–H groups in total. The first kappa shape index (κ1) is 20.6. The summed E-state index contributed by atoms with van der Waals surface area (Å²) >= 11 is 1.28. The summed E-state index contributed by atoms with van der Waals surface area (Å²) in [4.78, 5) is 34.9. The number of nitrogens with zero attached hydrogens (tertiary/aromatic N) is 3. The van der Waals surface area contributed by atoms with Gasteiger partial charge in [0.05, 0.1) is 16.7 Å². The van der Waals surface area contributed by atoms with Crippen LogP contribution in [0, 0.1) is 6.92 Å². The Hall–Kier alpha value is -2.67. The predicted molar refractivity (Wildman–Crippen MR) is 120 cm³/mol. The van der Waals surface area contributed by atoms with Gasteiger partial charge in [-0.25, -0.2) is 14.5 Å². The maximum atomic E-state index is 13.2. The zero-order valence-electron chi connectivity index (χ0n) is 17.1. The Morgan fingerprint density at radius 1 is 1.13 bits per heavy atom. The summed E-state index contributed by atoms with van der Waals surface area (Å²) in [7, 11) is 0. The molecule has 0 spiro atoms. The van der Waals surface area contributed by atoms with Crippen LogP contribution in [0.15, 0.2) is 52.5 Å². The van der Waals surface area contributed by atoms with Gasteiger partial charge in [-0.1, -0.05) is 55.6 Å². The van der Waals surface area contributed by atoms with E-state index in [4.69, 9.17) is 0 Å². The molecule has 156 valence electrons. The van der Waals surface area contributed by atoms with Crippen LogP contribution in [0.4, 0.5) is 0 Å². The molecular formula is C23H26N4O2S. The number of hydrogen-bond donors (Lipinski definition) is 1. The van der Waals surface area contributed by atoms with Crippen LogP contribution in [0.25, 0.3) is 16.7 Å². The zero-order chi connectivity index (χ0) is 20.9. The average molecular weight is 423 g/mol. The highest BCUT2D eigenvalue weighted by Gasteiger charge is 2.18. The number of pyridine rings is 1. The first-order valence-corrected chi connectivity index (χ1v) is 11.5. The van der Waals surface area contributed by atoms with Crippen molar-refractivity contribution in [3.8, 4) is 5.82 Å². The molecule has 2 heterocycles. The van der Waals surface area contributed by atoms with Crippen LogP contribution in [-0.2, 0) is 4.79 Å². The highest BCUT2D eigenvalue weighted by Crippen LogP contribution is 2.21. The fourth-order valence-corrected chi connectivity index (χ4v) is 4.64. The van der Waals surface area contributed by atoms with E-state index in [9.17, 15) is 9.59 Å². The smallest absolute Gasteiger partial charge is 0.267 e. The number of aryl methyl sites for hydroxylation is 1. The van der Waals surface area contributed by atoms with Gasteiger partial charge in [-0.2, -0.15) is 0 Å².